The molecule has 0 radical (unpaired) electrons. The fraction of sp³-hybridized carbons (Fsp3) is 0.286. The maximum atomic E-state index is 12.0. The number of benzene rings is 1. The Morgan fingerprint density at radius 2 is 2.14 bits per heavy atom. The summed E-state index contributed by atoms with van der Waals surface area (Å²) in [6.45, 7) is 0. The number of carboxylic acids is 1. The number of amides is 1. The molecule has 0 spiro atoms. The van der Waals surface area contributed by atoms with E-state index in [1.165, 1.54) is 5.01 Å². The summed E-state index contributed by atoms with van der Waals surface area (Å²) in [7, 11) is 0. The zero-order valence-electron chi connectivity index (χ0n) is 11.2. The first-order chi connectivity index (χ1) is 10.1. The number of aromatic amines is 1. The molecule has 0 aliphatic carbocycles. The van der Waals surface area contributed by atoms with Gasteiger partial charge in [0, 0.05) is 12.1 Å². The normalized spacial score (nSPS) is 15.3. The quantitative estimate of drug-likeness (QED) is 0.896. The van der Waals surface area contributed by atoms with Gasteiger partial charge >= 0.3 is 5.97 Å². The van der Waals surface area contributed by atoms with Crippen molar-refractivity contribution in [2.24, 2.45) is 5.10 Å². The molecule has 0 atom stereocenters. The summed E-state index contributed by atoms with van der Waals surface area (Å²) in [5.41, 5.74) is 2.29. The molecular formula is C14H14N4O3. The Hall–Kier alpha value is -2.70. The second-order valence-electron chi connectivity index (χ2n) is 4.84. The number of carboxylic acid groups (broad SMARTS) is 1. The van der Waals surface area contributed by atoms with Gasteiger partial charge in [-0.2, -0.15) is 10.1 Å². The number of imidazole rings is 1. The highest BCUT2D eigenvalue weighted by molar-refractivity contribution is 6.02. The number of hydrogen-bond donors (Lipinski definition) is 2. The highest BCUT2D eigenvalue weighted by Gasteiger charge is 2.24. The number of rotatable bonds is 4. The van der Waals surface area contributed by atoms with E-state index in [9.17, 15) is 9.59 Å². The number of H-pyrrole nitrogens is 1. The molecule has 2 heterocycles. The zero-order valence-corrected chi connectivity index (χ0v) is 11.2. The van der Waals surface area contributed by atoms with Crippen molar-refractivity contribution in [1.29, 1.82) is 0 Å². The lowest BCUT2D eigenvalue weighted by atomic mass is 10.1. The topological polar surface area (TPSA) is 98.6 Å². The van der Waals surface area contributed by atoms with E-state index in [4.69, 9.17) is 5.11 Å². The summed E-state index contributed by atoms with van der Waals surface area (Å²) in [6, 6.07) is 7.46. The molecule has 1 amide bonds. The van der Waals surface area contributed by atoms with Gasteiger partial charge in [-0.3, -0.25) is 9.59 Å². The number of aliphatic carboxylic acids is 1. The van der Waals surface area contributed by atoms with E-state index in [2.05, 4.69) is 15.1 Å². The molecule has 1 aromatic heterocycles. The highest BCUT2D eigenvalue weighted by atomic mass is 16.4. The Labute approximate surface area is 120 Å². The van der Waals surface area contributed by atoms with Gasteiger partial charge in [-0.1, -0.05) is 12.1 Å². The third-order valence-electron chi connectivity index (χ3n) is 3.31. The Morgan fingerprint density at radius 3 is 2.90 bits per heavy atom. The predicted octanol–water partition coefficient (Wildman–Crippen LogP) is 1.91. The molecule has 0 unspecified atom stereocenters. The van der Waals surface area contributed by atoms with Gasteiger partial charge < -0.3 is 10.1 Å². The molecule has 21 heavy (non-hydrogen) atoms. The van der Waals surface area contributed by atoms with E-state index < -0.39 is 5.97 Å². The van der Waals surface area contributed by atoms with Crippen molar-refractivity contribution in [3.63, 3.8) is 0 Å². The van der Waals surface area contributed by atoms with Crippen molar-refractivity contribution in [3.05, 3.63) is 24.3 Å². The number of fused-ring (bicyclic) bond motifs is 1. The van der Waals surface area contributed by atoms with Crippen LogP contribution in [0.15, 0.2) is 29.4 Å². The van der Waals surface area contributed by atoms with Crippen LogP contribution >= 0.6 is 0 Å². The predicted molar refractivity (Wildman–Crippen MR) is 77.1 cm³/mol. The molecule has 2 N–H and O–H groups in total. The van der Waals surface area contributed by atoms with Crippen LogP contribution in [0.5, 0.6) is 0 Å². The third kappa shape index (κ3) is 2.76. The van der Waals surface area contributed by atoms with E-state index in [0.717, 1.165) is 11.0 Å². The standard InChI is InChI=1S/C14H14N4O3/c19-12-7-5-9(6-8-13(20)21)17-18(12)14-15-10-3-1-2-4-11(10)16-14/h1-4H,5-8H2,(H,15,16)(H,20,21). The number of carbonyl (C=O) groups excluding carboxylic acids is 1. The van der Waals surface area contributed by atoms with Gasteiger partial charge in [-0.25, -0.2) is 4.98 Å². The van der Waals surface area contributed by atoms with Crippen molar-refractivity contribution < 1.29 is 14.7 Å². The molecule has 0 saturated carbocycles. The lowest BCUT2D eigenvalue weighted by molar-refractivity contribution is -0.136. The first kappa shape index (κ1) is 13.3. The monoisotopic (exact) mass is 286 g/mol. The summed E-state index contributed by atoms with van der Waals surface area (Å²) in [5.74, 6) is -0.647. The number of carbonyl (C=O) groups is 2. The van der Waals surface area contributed by atoms with Gasteiger partial charge in [0.05, 0.1) is 17.5 Å². The maximum absolute atomic E-state index is 12.0. The van der Waals surface area contributed by atoms with Crippen LogP contribution in [-0.4, -0.2) is 32.7 Å². The van der Waals surface area contributed by atoms with Crippen molar-refractivity contribution >= 4 is 34.6 Å². The number of anilines is 1. The lowest BCUT2D eigenvalue weighted by Crippen LogP contribution is -2.32. The Balaban J connectivity index is 1.89. The Kier molecular flexibility index (Phi) is 3.39. The number of para-hydroxylation sites is 2. The SMILES string of the molecule is O=C(O)CCC1=NN(c2nc3ccccc3[nH]2)C(=O)CC1. The van der Waals surface area contributed by atoms with Crippen LogP contribution in [0.1, 0.15) is 25.7 Å². The summed E-state index contributed by atoms with van der Waals surface area (Å²) < 4.78 is 0. The minimum absolute atomic E-state index is 0.0149. The molecule has 1 aliphatic heterocycles. The molecule has 2 aromatic rings. The van der Waals surface area contributed by atoms with Crippen LogP contribution in [-0.2, 0) is 9.59 Å². The molecule has 108 valence electrons. The van der Waals surface area contributed by atoms with E-state index >= 15 is 0 Å². The van der Waals surface area contributed by atoms with E-state index in [1.807, 2.05) is 24.3 Å². The molecule has 0 saturated heterocycles. The van der Waals surface area contributed by atoms with Gasteiger partial charge in [-0.15, -0.1) is 0 Å². The third-order valence-corrected chi connectivity index (χ3v) is 3.31. The van der Waals surface area contributed by atoms with Crippen LogP contribution in [0.25, 0.3) is 11.0 Å². The Morgan fingerprint density at radius 1 is 1.33 bits per heavy atom. The molecule has 1 aromatic carbocycles. The molecule has 7 nitrogen and oxygen atoms in total. The molecule has 1 aliphatic rings. The molecule has 3 rings (SSSR count). The number of aromatic nitrogens is 2. The fourth-order valence-corrected chi connectivity index (χ4v) is 2.24. The van der Waals surface area contributed by atoms with Crippen molar-refractivity contribution in [2.75, 3.05) is 5.01 Å². The summed E-state index contributed by atoms with van der Waals surface area (Å²) in [4.78, 5) is 30.0. The smallest absolute Gasteiger partial charge is 0.303 e. The Bertz CT molecular complexity index is 702. The van der Waals surface area contributed by atoms with Crippen molar-refractivity contribution in [3.8, 4) is 0 Å². The van der Waals surface area contributed by atoms with E-state index in [0.29, 0.717) is 30.9 Å². The number of nitrogens with zero attached hydrogens (tertiary/aromatic N) is 3. The number of nitrogens with one attached hydrogen (secondary N) is 1. The van der Waals surface area contributed by atoms with Gasteiger partial charge in [0.2, 0.25) is 11.9 Å². The molecule has 7 heteroatoms. The van der Waals surface area contributed by atoms with Crippen LogP contribution in [0.4, 0.5) is 5.95 Å². The van der Waals surface area contributed by atoms with Gasteiger partial charge in [0.25, 0.3) is 0 Å². The van der Waals surface area contributed by atoms with Gasteiger partial charge in [-0.05, 0) is 25.0 Å². The number of hydrazone groups is 1. The van der Waals surface area contributed by atoms with Gasteiger partial charge in [0.1, 0.15) is 0 Å². The zero-order chi connectivity index (χ0) is 14.8. The second kappa shape index (κ2) is 5.35. The first-order valence-corrected chi connectivity index (χ1v) is 6.69. The highest BCUT2D eigenvalue weighted by Crippen LogP contribution is 2.21. The van der Waals surface area contributed by atoms with Crippen LogP contribution in [0.3, 0.4) is 0 Å². The summed E-state index contributed by atoms with van der Waals surface area (Å²) in [5, 5.41) is 14.2. The van der Waals surface area contributed by atoms with Crippen LogP contribution in [0, 0.1) is 0 Å². The fourth-order valence-electron chi connectivity index (χ4n) is 2.24. The maximum Gasteiger partial charge on any atom is 0.303 e. The minimum Gasteiger partial charge on any atom is -0.481 e. The average molecular weight is 286 g/mol. The van der Waals surface area contributed by atoms with Crippen LogP contribution in [0.2, 0.25) is 0 Å². The molecule has 0 fully saturated rings. The van der Waals surface area contributed by atoms with E-state index in [-0.39, 0.29) is 12.3 Å². The van der Waals surface area contributed by atoms with Crippen molar-refractivity contribution in [2.45, 2.75) is 25.7 Å². The number of hydrogen-bond acceptors (Lipinski definition) is 4. The van der Waals surface area contributed by atoms with E-state index in [1.54, 1.807) is 0 Å². The second-order valence-corrected chi connectivity index (χ2v) is 4.84. The lowest BCUT2D eigenvalue weighted by Gasteiger charge is -2.20. The summed E-state index contributed by atoms with van der Waals surface area (Å²) >= 11 is 0. The largest absolute Gasteiger partial charge is 0.481 e. The van der Waals surface area contributed by atoms with Crippen LogP contribution < -0.4 is 5.01 Å². The van der Waals surface area contributed by atoms with Gasteiger partial charge in [0.15, 0.2) is 0 Å². The average Bonchev–Trinajstić information content (AvgIpc) is 2.90. The van der Waals surface area contributed by atoms with Crippen molar-refractivity contribution in [1.82, 2.24) is 9.97 Å². The molecular weight excluding hydrogens is 272 g/mol. The molecule has 0 bridgehead atoms. The summed E-state index contributed by atoms with van der Waals surface area (Å²) in [6.07, 6.45) is 1.18. The first-order valence-electron chi connectivity index (χ1n) is 6.69. The minimum atomic E-state index is -0.870.